The third kappa shape index (κ3) is 9.12. The highest BCUT2D eigenvalue weighted by molar-refractivity contribution is 5.90. The average molecular weight is 825 g/mol. The lowest BCUT2D eigenvalue weighted by Crippen LogP contribution is -2.52. The molecule has 4 aliphatic rings. The number of rotatable bonds is 8. The van der Waals surface area contributed by atoms with Gasteiger partial charge in [0.1, 0.15) is 23.7 Å². The summed E-state index contributed by atoms with van der Waals surface area (Å²) in [5.41, 5.74) is 5.45. The zero-order chi connectivity index (χ0) is 42.7. The fourth-order valence-corrected chi connectivity index (χ4v) is 9.11. The second-order valence-electron chi connectivity index (χ2n) is 17.0. The smallest absolute Gasteiger partial charge is 0.339 e. The molecule has 2 N–H and O–H groups in total. The van der Waals surface area contributed by atoms with Gasteiger partial charge in [0.05, 0.1) is 18.8 Å². The number of aliphatic hydroxyl groups is 2. The number of carbonyl (C=O) groups excluding carboxylic acids is 2. The number of benzene rings is 4. The van der Waals surface area contributed by atoms with E-state index in [1.54, 1.807) is 39.0 Å². The van der Waals surface area contributed by atoms with Crippen molar-refractivity contribution < 1.29 is 43.2 Å². The van der Waals surface area contributed by atoms with Crippen LogP contribution in [0.15, 0.2) is 130 Å². The third-order valence-corrected chi connectivity index (χ3v) is 12.4. The molecule has 2 bridgehead atoms. The first-order valence-corrected chi connectivity index (χ1v) is 21.1. The second-order valence-corrected chi connectivity index (χ2v) is 17.0. The number of hydrogen-bond acceptors (Lipinski definition) is 10. The molecule has 4 heterocycles. The lowest BCUT2D eigenvalue weighted by atomic mass is 9.72. The highest BCUT2D eigenvalue weighted by Crippen LogP contribution is 2.48. The Morgan fingerprint density at radius 1 is 0.836 bits per heavy atom. The standard InChI is InChI=1S/C51H52O10/c1-31(29-52)41-19-14-32-12-15-35(16-13-32)42-20-17-37(36-11-7-10-34(25-36)24-33-8-5-4-6-9-33)26-40(42)28-44(54)58-47-45-43(61-51(2,3)48(47)60-50(41)56)21-18-38-27-39(22-23-57-30-53)49(55)59-46(38)45/h4-13,15-18,20-21,25,27,37,40,42,47-48,52-53H,14,19,22-24,26,28-30H2,1-3H3/t37-,40-,42+,47-,48-/m0/s1. The first-order chi connectivity index (χ1) is 29.5. The molecule has 0 saturated carbocycles. The number of ether oxygens (including phenoxy) is 4. The number of hydrogen-bond donors (Lipinski definition) is 2. The molecule has 61 heavy (non-hydrogen) atoms. The van der Waals surface area contributed by atoms with E-state index in [1.807, 2.05) is 6.07 Å². The van der Waals surface area contributed by atoms with Gasteiger partial charge < -0.3 is 33.6 Å². The molecular formula is C51H52O10. The fourth-order valence-electron chi connectivity index (χ4n) is 9.11. The molecule has 5 aromatic rings. The molecule has 1 aliphatic carbocycles. The van der Waals surface area contributed by atoms with Gasteiger partial charge in [-0.2, -0.15) is 0 Å². The molecule has 10 nitrogen and oxygen atoms in total. The summed E-state index contributed by atoms with van der Waals surface area (Å²) in [6.45, 7) is 4.51. The van der Waals surface area contributed by atoms with Gasteiger partial charge in [-0.3, -0.25) is 4.79 Å². The zero-order valence-corrected chi connectivity index (χ0v) is 34.8. The Morgan fingerprint density at radius 2 is 1.62 bits per heavy atom. The summed E-state index contributed by atoms with van der Waals surface area (Å²) in [4.78, 5) is 42.4. The summed E-state index contributed by atoms with van der Waals surface area (Å²) < 4.78 is 30.5. The van der Waals surface area contributed by atoms with Gasteiger partial charge in [-0.15, -0.1) is 0 Å². The third-order valence-electron chi connectivity index (χ3n) is 12.4. The lowest BCUT2D eigenvalue weighted by molar-refractivity contribution is -0.188. The van der Waals surface area contributed by atoms with E-state index in [1.165, 1.54) is 16.7 Å². The van der Waals surface area contributed by atoms with E-state index in [0.29, 0.717) is 47.1 Å². The van der Waals surface area contributed by atoms with Crippen molar-refractivity contribution in [1.82, 2.24) is 0 Å². The van der Waals surface area contributed by atoms with Crippen LogP contribution < -0.4 is 10.4 Å². The largest absolute Gasteiger partial charge is 0.483 e. The molecule has 0 fully saturated rings. The van der Waals surface area contributed by atoms with Crippen LogP contribution in [-0.2, 0) is 43.1 Å². The second kappa shape index (κ2) is 18.0. The van der Waals surface area contributed by atoms with Crippen molar-refractivity contribution in [2.75, 3.05) is 20.0 Å². The van der Waals surface area contributed by atoms with Crippen LogP contribution in [0.4, 0.5) is 0 Å². The summed E-state index contributed by atoms with van der Waals surface area (Å²) in [7, 11) is 0. The van der Waals surface area contributed by atoms with Crippen LogP contribution in [0.3, 0.4) is 0 Å². The number of aliphatic hydroxyl groups excluding tert-OH is 2. The van der Waals surface area contributed by atoms with Crippen molar-refractivity contribution in [3.63, 3.8) is 0 Å². The molecule has 316 valence electrons. The van der Waals surface area contributed by atoms with Crippen LogP contribution in [0, 0.1) is 5.92 Å². The van der Waals surface area contributed by atoms with Gasteiger partial charge in [0.2, 0.25) is 0 Å². The minimum atomic E-state index is -1.23. The fraction of sp³-hybridized carbons (Fsp3) is 0.353. The van der Waals surface area contributed by atoms with Gasteiger partial charge in [-0.05, 0) is 104 Å². The van der Waals surface area contributed by atoms with E-state index in [9.17, 15) is 19.5 Å². The maximum Gasteiger partial charge on any atom is 0.339 e. The molecule has 4 aromatic carbocycles. The molecule has 0 radical (unpaired) electrons. The highest BCUT2D eigenvalue weighted by Gasteiger charge is 2.51. The topological polar surface area (TPSA) is 142 Å². The molecule has 9 rings (SSSR count). The Labute approximate surface area is 355 Å². The minimum absolute atomic E-state index is 0.0567. The highest BCUT2D eigenvalue weighted by atomic mass is 16.6. The molecule has 5 atom stereocenters. The predicted molar refractivity (Wildman–Crippen MR) is 230 cm³/mol. The van der Waals surface area contributed by atoms with E-state index >= 15 is 0 Å². The summed E-state index contributed by atoms with van der Waals surface area (Å²) in [5.74, 6) is -1.01. The molecule has 1 aromatic heterocycles. The van der Waals surface area contributed by atoms with Crippen LogP contribution in [0.2, 0.25) is 0 Å². The molecule has 0 amide bonds. The summed E-state index contributed by atoms with van der Waals surface area (Å²) in [6.07, 6.45) is 4.68. The van der Waals surface area contributed by atoms with Gasteiger partial charge in [0.15, 0.2) is 12.2 Å². The van der Waals surface area contributed by atoms with Crippen LogP contribution in [-0.4, -0.2) is 53.9 Å². The van der Waals surface area contributed by atoms with Crippen molar-refractivity contribution in [3.8, 4) is 5.75 Å². The Morgan fingerprint density at radius 3 is 2.39 bits per heavy atom. The van der Waals surface area contributed by atoms with Crippen molar-refractivity contribution >= 4 is 22.9 Å². The Balaban J connectivity index is 1.20. The van der Waals surface area contributed by atoms with Crippen LogP contribution >= 0.6 is 0 Å². The number of esters is 2. The van der Waals surface area contributed by atoms with Crippen LogP contribution in [0.5, 0.6) is 5.75 Å². The normalized spacial score (nSPS) is 23.3. The van der Waals surface area contributed by atoms with Crippen LogP contribution in [0.1, 0.15) is 96.9 Å². The predicted octanol–water partition coefficient (Wildman–Crippen LogP) is 8.35. The number of aryl methyl sites for hydroxylation is 1. The average Bonchev–Trinajstić information content (AvgIpc) is 3.25. The van der Waals surface area contributed by atoms with Gasteiger partial charge >= 0.3 is 17.6 Å². The molecular weight excluding hydrogens is 773 g/mol. The summed E-state index contributed by atoms with van der Waals surface area (Å²) >= 11 is 0. The SMILES string of the molecule is CC(CO)=C1CCc2ccc(cc2)[C@H]2C=C[C@H](c3cccc(Cc4ccccc4)c3)C[C@H]2CC(=O)O[C@H]2c3c(ccc4cc(CCOCO)c(=O)oc34)OC(C)(C)[C@H]2OC1=O. The minimum Gasteiger partial charge on any atom is -0.483 e. The molecule has 10 heteroatoms. The molecule has 0 unspecified atom stereocenters. The first kappa shape index (κ1) is 41.9. The van der Waals surface area contributed by atoms with E-state index < -0.39 is 42.2 Å². The molecule has 3 aliphatic heterocycles. The van der Waals surface area contributed by atoms with E-state index in [0.717, 1.165) is 17.5 Å². The lowest BCUT2D eigenvalue weighted by Gasteiger charge is -2.43. The number of fused-ring (bicyclic) bond motifs is 11. The van der Waals surface area contributed by atoms with E-state index in [4.69, 9.17) is 28.5 Å². The number of allylic oxidation sites excluding steroid dienone is 2. The van der Waals surface area contributed by atoms with Crippen LogP contribution in [0.25, 0.3) is 11.0 Å². The van der Waals surface area contributed by atoms with Crippen molar-refractivity contribution in [3.05, 3.63) is 170 Å². The van der Waals surface area contributed by atoms with Crippen molar-refractivity contribution in [1.29, 1.82) is 0 Å². The van der Waals surface area contributed by atoms with Gasteiger partial charge in [-0.1, -0.05) is 91.0 Å². The Kier molecular flexibility index (Phi) is 12.4. The Hall–Kier alpha value is -5.81. The van der Waals surface area contributed by atoms with Gasteiger partial charge in [-0.25, -0.2) is 9.59 Å². The monoisotopic (exact) mass is 824 g/mol. The quantitative estimate of drug-likeness (QED) is 0.0392. The van der Waals surface area contributed by atoms with E-state index in [-0.39, 0.29) is 55.0 Å². The first-order valence-electron chi connectivity index (χ1n) is 21.1. The maximum atomic E-state index is 14.7. The maximum absolute atomic E-state index is 14.7. The molecule has 0 saturated heterocycles. The van der Waals surface area contributed by atoms with Gasteiger partial charge in [0.25, 0.3) is 0 Å². The summed E-state index contributed by atoms with van der Waals surface area (Å²) in [6, 6.07) is 32.6. The van der Waals surface area contributed by atoms with Crippen molar-refractivity contribution in [2.45, 2.75) is 88.9 Å². The van der Waals surface area contributed by atoms with E-state index in [2.05, 4.69) is 84.9 Å². The Bertz CT molecular complexity index is 2510. The number of carbonyl (C=O) groups is 2. The summed E-state index contributed by atoms with van der Waals surface area (Å²) in [5, 5.41) is 19.9. The van der Waals surface area contributed by atoms with Crippen molar-refractivity contribution in [2.24, 2.45) is 5.92 Å². The van der Waals surface area contributed by atoms with Gasteiger partial charge in [0, 0.05) is 41.2 Å². The zero-order valence-electron chi connectivity index (χ0n) is 34.8. The molecule has 0 spiro atoms.